The second-order valence-electron chi connectivity index (χ2n) is 21.4. The van der Waals surface area contributed by atoms with Crippen LogP contribution in [0.4, 0.5) is 5.69 Å². The zero-order chi connectivity index (χ0) is 67.3. The van der Waals surface area contributed by atoms with Crippen LogP contribution in [0.5, 0.6) is 0 Å². The fourth-order valence-corrected chi connectivity index (χ4v) is 8.94. The number of carbonyl (C=O) groups excluding carboxylic acids is 8. The number of likely N-dealkylation sites (tertiary alicyclic amines) is 1. The van der Waals surface area contributed by atoms with Gasteiger partial charge in [-0.1, -0.05) is 136 Å². The Bertz CT molecular complexity index is 1690. The van der Waals surface area contributed by atoms with E-state index in [4.69, 9.17) is 14.3 Å². The third-order valence-corrected chi connectivity index (χ3v) is 14.0. The molecular weight excluding hydrogens is 1100 g/mol. The van der Waals surface area contributed by atoms with Gasteiger partial charge in [-0.15, -0.1) is 0 Å². The van der Waals surface area contributed by atoms with E-state index in [0.717, 1.165) is 74.3 Å². The van der Waals surface area contributed by atoms with E-state index in [2.05, 4.69) is 99.4 Å². The number of likely N-dealkylation sites (N-methyl/N-ethyl adjacent to an activating group) is 4. The van der Waals surface area contributed by atoms with Gasteiger partial charge in [-0.2, -0.15) is 0 Å². The molecule has 85 heavy (non-hydrogen) atoms. The minimum atomic E-state index is -0.343. The van der Waals surface area contributed by atoms with Crippen LogP contribution in [0.2, 0.25) is 0 Å². The normalized spacial score (nSPS) is 14.3. The lowest BCUT2D eigenvalue weighted by molar-refractivity contribution is -0.144. The first-order chi connectivity index (χ1) is 40.4. The first kappa shape index (κ1) is 94.2. The van der Waals surface area contributed by atoms with E-state index in [-0.39, 0.29) is 91.9 Å². The molecule has 502 valence electrons. The minimum absolute atomic E-state index is 0.00519. The number of ether oxygens (including phenoxy) is 2. The van der Waals surface area contributed by atoms with Crippen LogP contribution >= 0.6 is 11.9 Å². The summed E-state index contributed by atoms with van der Waals surface area (Å²) >= 11 is 1.29. The second-order valence-corrected chi connectivity index (χ2v) is 22.3. The van der Waals surface area contributed by atoms with Gasteiger partial charge >= 0.3 is 0 Å². The summed E-state index contributed by atoms with van der Waals surface area (Å²) in [6, 6.07) is 7.59. The molecule has 0 radical (unpaired) electrons. The third-order valence-electron chi connectivity index (χ3n) is 13.3. The molecular formula is C64H130N10O10S. The number of carbonyl (C=O) groups is 8. The number of unbranched alkanes of at least 4 members (excludes halogenated alkanes) is 2. The number of anilines is 1. The van der Waals surface area contributed by atoms with Gasteiger partial charge in [-0.3, -0.25) is 33.6 Å². The number of hydrogen-bond acceptors (Lipinski definition) is 16. The number of nitrogens with zero attached hydrogens (tertiary/aromatic N) is 3. The predicted octanol–water partition coefficient (Wildman–Crippen LogP) is 8.90. The van der Waals surface area contributed by atoms with Crippen molar-refractivity contribution in [1.29, 1.82) is 0 Å². The van der Waals surface area contributed by atoms with Gasteiger partial charge in [-0.25, -0.2) is 0 Å². The molecule has 8 N–H and O–H groups in total. The molecule has 0 saturated carbocycles. The van der Waals surface area contributed by atoms with Gasteiger partial charge in [0.15, 0.2) is 0 Å². The highest BCUT2D eigenvalue weighted by Crippen LogP contribution is 2.29. The lowest BCUT2D eigenvalue weighted by atomic mass is 9.90. The van der Waals surface area contributed by atoms with Crippen LogP contribution in [0.3, 0.4) is 0 Å². The van der Waals surface area contributed by atoms with Crippen molar-refractivity contribution in [3.8, 4) is 0 Å². The van der Waals surface area contributed by atoms with E-state index in [1.54, 1.807) is 33.2 Å². The zero-order valence-electron chi connectivity index (χ0n) is 58.1. The first-order valence-corrected chi connectivity index (χ1v) is 31.8. The second kappa shape index (κ2) is 67.0. The summed E-state index contributed by atoms with van der Waals surface area (Å²) < 4.78 is 14.0. The molecule has 1 aliphatic rings. The van der Waals surface area contributed by atoms with Gasteiger partial charge in [-0.05, 0) is 133 Å². The van der Waals surface area contributed by atoms with Gasteiger partial charge in [0, 0.05) is 51.9 Å². The summed E-state index contributed by atoms with van der Waals surface area (Å²) in [7, 11) is 16.3. The highest BCUT2D eigenvalue weighted by atomic mass is 32.2. The maximum absolute atomic E-state index is 13.3. The Morgan fingerprint density at radius 3 is 1.69 bits per heavy atom. The average Bonchev–Trinajstić information content (AvgIpc) is 4.24. The molecule has 0 bridgehead atoms. The Morgan fingerprint density at radius 1 is 0.788 bits per heavy atom. The summed E-state index contributed by atoms with van der Waals surface area (Å²) in [4.78, 5) is 92.5. The largest absolute Gasteiger partial charge is 0.388 e. The number of aldehydes is 3. The lowest BCUT2D eigenvalue weighted by Crippen LogP contribution is -2.53. The number of nitrogens with one attached hydrogen (secondary N) is 6. The van der Waals surface area contributed by atoms with Crippen LogP contribution in [0.15, 0.2) is 29.2 Å². The molecule has 20 nitrogen and oxygen atoms in total. The smallest absolute Gasteiger partial charge is 0.237 e. The van der Waals surface area contributed by atoms with Gasteiger partial charge in [0.2, 0.25) is 30.5 Å². The summed E-state index contributed by atoms with van der Waals surface area (Å²) in [5, 5.41) is 14.3. The van der Waals surface area contributed by atoms with Crippen molar-refractivity contribution in [1.82, 2.24) is 40.7 Å². The van der Waals surface area contributed by atoms with Crippen molar-refractivity contribution in [2.75, 3.05) is 95.0 Å². The van der Waals surface area contributed by atoms with Crippen LogP contribution in [-0.4, -0.2) is 190 Å². The number of amides is 5. The third kappa shape index (κ3) is 51.3. The maximum atomic E-state index is 13.3. The molecule has 1 saturated heterocycles. The van der Waals surface area contributed by atoms with Crippen LogP contribution < -0.4 is 37.0 Å². The molecule has 1 heterocycles. The van der Waals surface area contributed by atoms with Crippen molar-refractivity contribution in [3.63, 3.8) is 0 Å². The average molecular weight is 1230 g/mol. The number of hydrogen-bond donors (Lipinski definition) is 7. The van der Waals surface area contributed by atoms with Crippen LogP contribution in [0.25, 0.3) is 0 Å². The van der Waals surface area contributed by atoms with Gasteiger partial charge in [0.25, 0.3) is 0 Å². The van der Waals surface area contributed by atoms with Crippen molar-refractivity contribution in [2.24, 2.45) is 35.3 Å². The quantitative estimate of drug-likeness (QED) is 0.0202. The summed E-state index contributed by atoms with van der Waals surface area (Å²) in [6.07, 6.45) is 14.5. The van der Waals surface area contributed by atoms with Crippen LogP contribution in [0.1, 0.15) is 174 Å². The molecule has 1 aliphatic heterocycles. The Balaban J connectivity index is -0.000000182. The Labute approximate surface area is 523 Å². The van der Waals surface area contributed by atoms with E-state index in [0.29, 0.717) is 24.5 Å². The SMILES string of the molecule is CC.CC(C)C(C=O)N(C)C.CCC.CCC(C)C(C(CC(=O)N1CCCC1C(OC)C(C)C)OC)N(C)C(=O)CNC.CCC(C)CCCCC=O.CCCNC.CNC(C(=O)NCC=O)C(C)C.CNc1ccc(SNC=O)cc1.NC=O. The molecule has 0 aliphatic carbocycles. The van der Waals surface area contributed by atoms with E-state index in [1.165, 1.54) is 44.1 Å². The summed E-state index contributed by atoms with van der Waals surface area (Å²) in [5.41, 5.74) is 5.23. The fourth-order valence-electron chi connectivity index (χ4n) is 8.48. The Morgan fingerprint density at radius 2 is 1.35 bits per heavy atom. The highest BCUT2D eigenvalue weighted by Gasteiger charge is 2.39. The van der Waals surface area contributed by atoms with Gasteiger partial charge in [0.05, 0.1) is 55.9 Å². The van der Waals surface area contributed by atoms with Crippen LogP contribution in [-0.2, 0) is 47.8 Å². The van der Waals surface area contributed by atoms with Gasteiger partial charge in [0.1, 0.15) is 18.9 Å². The van der Waals surface area contributed by atoms with Crippen molar-refractivity contribution in [2.45, 2.75) is 216 Å². The molecule has 8 unspecified atom stereocenters. The number of rotatable bonds is 32. The summed E-state index contributed by atoms with van der Waals surface area (Å²) in [6.45, 7) is 33.6. The molecule has 2 rings (SSSR count). The van der Waals surface area contributed by atoms with E-state index >= 15 is 0 Å². The minimum Gasteiger partial charge on any atom is -0.388 e. The van der Waals surface area contributed by atoms with Gasteiger partial charge < -0.3 is 66.0 Å². The van der Waals surface area contributed by atoms with Crippen LogP contribution in [0, 0.1) is 29.6 Å². The topological polar surface area (TPSA) is 263 Å². The van der Waals surface area contributed by atoms with E-state index in [9.17, 15) is 33.6 Å². The monoisotopic (exact) mass is 1230 g/mol. The first-order valence-electron chi connectivity index (χ1n) is 31.0. The Kier molecular flexibility index (Phi) is 74.2. The Hall–Kier alpha value is -4.51. The number of benzene rings is 1. The molecule has 5 amide bonds. The molecule has 0 spiro atoms. The number of primary amides is 1. The maximum Gasteiger partial charge on any atom is 0.237 e. The standard InChI is InChI=1S/C22H43N3O4.C9H18O.C8H16N2O2.C8H10N2OS.C7H15NO.C4H11N.C3H8.C2H6.CH3NO/c1-9-16(4)21(24(6)20(27)14-23-5)18(28-7)13-19(26)25-12-10-11-17(25)22(29-8)15(2)3;1-3-9(2)7-5-4-6-8-10;1-6(2)7(9-3)8(12)10-4-5-11;1-9-7-2-4-8(5-3-7)12-10-6-11;1-6(2)7(5-9)8(3)4;1-3-4-5-2;1-3-2;1-2;2-1-3/h15-18,21-23H,9-14H2,1-8H3;8-9H,3-7H2,1-2H3;5-7,9H,4H2,1-3H3,(H,10,12);2-6,9H,1H3,(H,10,11);5-7H,1-4H3;5H,3-4H2,1-2H3;3H2,1-2H3;1-2H3;1H,(H2,2,3). The molecule has 0 aromatic heterocycles. The fraction of sp³-hybridized carbons (Fsp3) is 0.781. The van der Waals surface area contributed by atoms with E-state index in [1.807, 2.05) is 111 Å². The molecule has 1 aromatic carbocycles. The van der Waals surface area contributed by atoms with Crippen molar-refractivity contribution < 1.29 is 47.8 Å². The zero-order valence-corrected chi connectivity index (χ0v) is 58.9. The molecule has 8 atom stereocenters. The number of methoxy groups -OCH3 is 2. The molecule has 21 heteroatoms. The van der Waals surface area contributed by atoms with Crippen molar-refractivity contribution in [3.05, 3.63) is 24.3 Å². The lowest BCUT2D eigenvalue weighted by Gasteiger charge is -2.39. The number of nitrogens with two attached hydrogens (primary N) is 1. The molecule has 1 aromatic rings. The predicted molar refractivity (Wildman–Crippen MR) is 358 cm³/mol. The molecule has 1 fully saturated rings. The van der Waals surface area contributed by atoms with E-state index < -0.39 is 0 Å². The summed E-state index contributed by atoms with van der Waals surface area (Å²) in [5.74, 6) is 2.01. The van der Waals surface area contributed by atoms with Crippen molar-refractivity contribution >= 4 is 67.0 Å². The highest BCUT2D eigenvalue weighted by molar-refractivity contribution is 7.97.